The summed E-state index contributed by atoms with van der Waals surface area (Å²) in [5, 5.41) is 9.41. The van der Waals surface area contributed by atoms with Crippen molar-refractivity contribution in [3.8, 4) is 11.8 Å². The first-order chi connectivity index (χ1) is 14.9. The minimum Gasteiger partial charge on any atom is -0.478 e. The summed E-state index contributed by atoms with van der Waals surface area (Å²) in [5.74, 6) is 5.03. The molecule has 0 bridgehead atoms. The van der Waals surface area contributed by atoms with Crippen LogP contribution in [0.2, 0.25) is 0 Å². The van der Waals surface area contributed by atoms with Gasteiger partial charge in [0, 0.05) is 25.0 Å². The van der Waals surface area contributed by atoms with Crippen molar-refractivity contribution >= 4 is 16.9 Å². The lowest BCUT2D eigenvalue weighted by molar-refractivity contribution is 0.0697. The molecule has 8 nitrogen and oxygen atoms in total. The zero-order valence-corrected chi connectivity index (χ0v) is 16.6. The van der Waals surface area contributed by atoms with Gasteiger partial charge in [-0.3, -0.25) is 13.9 Å². The Morgan fingerprint density at radius 1 is 1.13 bits per heavy atom. The molecule has 31 heavy (non-hydrogen) atoms. The van der Waals surface area contributed by atoms with Gasteiger partial charge < -0.3 is 9.67 Å². The van der Waals surface area contributed by atoms with E-state index in [1.165, 1.54) is 16.7 Å². The van der Waals surface area contributed by atoms with Crippen molar-refractivity contribution in [1.29, 1.82) is 0 Å². The van der Waals surface area contributed by atoms with Gasteiger partial charge in [0.05, 0.1) is 35.9 Å². The molecule has 4 aromatic rings. The lowest BCUT2D eigenvalue weighted by atomic mass is 10.1. The Morgan fingerprint density at radius 3 is 2.58 bits per heavy atom. The number of imidazole rings is 1. The lowest BCUT2D eigenvalue weighted by Gasteiger charge is -2.11. The van der Waals surface area contributed by atoms with Crippen molar-refractivity contribution in [2.75, 3.05) is 0 Å². The SMILES string of the molecule is Cn1c(=O)n(Cc2ccc(C(=O)O)cc2)c(=O)c2cc(C#CCn3ccnc3)ccc21. The highest BCUT2D eigenvalue weighted by molar-refractivity contribution is 5.87. The van der Waals surface area contributed by atoms with Crippen molar-refractivity contribution < 1.29 is 9.90 Å². The standard InChI is InChI=1S/C23H18N4O4/c1-25-20-9-6-16(3-2-11-26-12-10-24-15-26)13-19(20)21(28)27(23(25)31)14-17-4-7-18(8-5-17)22(29)30/h4-10,12-13,15H,11,14H2,1H3,(H,29,30). The van der Waals surface area contributed by atoms with Gasteiger partial charge >= 0.3 is 11.7 Å². The molecule has 4 rings (SSSR count). The number of carboxylic acid groups (broad SMARTS) is 1. The maximum atomic E-state index is 13.1. The van der Waals surface area contributed by atoms with Gasteiger partial charge in [-0.15, -0.1) is 0 Å². The summed E-state index contributed by atoms with van der Waals surface area (Å²) in [5.41, 5.74) is 1.12. The van der Waals surface area contributed by atoms with E-state index in [0.717, 1.165) is 4.57 Å². The van der Waals surface area contributed by atoms with Gasteiger partial charge in [0.25, 0.3) is 5.56 Å². The van der Waals surface area contributed by atoms with Crippen molar-refractivity contribution in [2.45, 2.75) is 13.1 Å². The molecule has 0 saturated carbocycles. The smallest absolute Gasteiger partial charge is 0.335 e. The van der Waals surface area contributed by atoms with E-state index in [9.17, 15) is 14.4 Å². The number of rotatable bonds is 4. The summed E-state index contributed by atoms with van der Waals surface area (Å²) in [7, 11) is 1.61. The number of benzene rings is 2. The molecule has 154 valence electrons. The Morgan fingerprint density at radius 2 is 1.90 bits per heavy atom. The molecule has 2 heterocycles. The summed E-state index contributed by atoms with van der Waals surface area (Å²) in [6, 6.07) is 11.3. The highest BCUT2D eigenvalue weighted by Crippen LogP contribution is 2.11. The molecular weight excluding hydrogens is 396 g/mol. The number of aromatic carboxylic acids is 1. The van der Waals surface area contributed by atoms with Crippen LogP contribution in [0.1, 0.15) is 21.5 Å². The average molecular weight is 414 g/mol. The van der Waals surface area contributed by atoms with Crippen molar-refractivity contribution in [2.24, 2.45) is 7.05 Å². The first-order valence-electron chi connectivity index (χ1n) is 9.44. The number of hydrogen-bond acceptors (Lipinski definition) is 4. The topological polar surface area (TPSA) is 99.1 Å². The maximum Gasteiger partial charge on any atom is 0.335 e. The number of fused-ring (bicyclic) bond motifs is 1. The van der Waals surface area contributed by atoms with Crippen molar-refractivity contribution in [1.82, 2.24) is 18.7 Å². The van der Waals surface area contributed by atoms with E-state index in [0.29, 0.717) is 28.6 Å². The first kappa shape index (κ1) is 19.9. The van der Waals surface area contributed by atoms with Gasteiger partial charge in [-0.1, -0.05) is 24.0 Å². The molecule has 8 heteroatoms. The molecular formula is C23H18N4O4. The second-order valence-electron chi connectivity index (χ2n) is 7.00. The molecule has 0 aliphatic carbocycles. The monoisotopic (exact) mass is 414 g/mol. The fourth-order valence-electron chi connectivity index (χ4n) is 3.28. The molecule has 0 unspecified atom stereocenters. The summed E-state index contributed by atoms with van der Waals surface area (Å²) >= 11 is 0. The van der Waals surface area contributed by atoms with E-state index in [2.05, 4.69) is 16.8 Å². The minimum atomic E-state index is -1.04. The van der Waals surface area contributed by atoms with Gasteiger partial charge in [0.1, 0.15) is 0 Å². The molecule has 0 saturated heterocycles. The van der Waals surface area contributed by atoms with Crippen LogP contribution in [0, 0.1) is 11.8 Å². The van der Waals surface area contributed by atoms with Crippen LogP contribution in [0.25, 0.3) is 10.9 Å². The van der Waals surface area contributed by atoms with Crippen LogP contribution < -0.4 is 11.2 Å². The van der Waals surface area contributed by atoms with Gasteiger partial charge in [-0.25, -0.2) is 14.6 Å². The normalized spacial score (nSPS) is 10.6. The zero-order chi connectivity index (χ0) is 22.0. The fourth-order valence-corrected chi connectivity index (χ4v) is 3.28. The number of hydrogen-bond donors (Lipinski definition) is 1. The van der Waals surface area contributed by atoms with Crippen LogP contribution in [0.15, 0.2) is 70.8 Å². The molecule has 1 N–H and O–H groups in total. The fraction of sp³-hybridized carbons (Fsp3) is 0.130. The summed E-state index contributed by atoms with van der Waals surface area (Å²) in [6.07, 6.45) is 5.16. The van der Waals surface area contributed by atoms with Gasteiger partial charge in [-0.2, -0.15) is 0 Å². The second kappa shape index (κ2) is 8.16. The Kier molecular flexibility index (Phi) is 5.24. The summed E-state index contributed by atoms with van der Waals surface area (Å²) in [6.45, 7) is 0.514. The van der Waals surface area contributed by atoms with E-state index in [-0.39, 0.29) is 12.1 Å². The first-order valence-corrected chi connectivity index (χ1v) is 9.44. The molecule has 0 fully saturated rings. The lowest BCUT2D eigenvalue weighted by Crippen LogP contribution is -2.39. The number of aryl methyl sites for hydroxylation is 1. The molecule has 2 aromatic carbocycles. The molecule has 0 aliphatic rings. The predicted octanol–water partition coefficient (Wildman–Crippen LogP) is 1.69. The number of carboxylic acids is 1. The summed E-state index contributed by atoms with van der Waals surface area (Å²) in [4.78, 5) is 40.8. The van der Waals surface area contributed by atoms with E-state index < -0.39 is 17.2 Å². The van der Waals surface area contributed by atoms with E-state index >= 15 is 0 Å². The quantitative estimate of drug-likeness (QED) is 0.513. The van der Waals surface area contributed by atoms with Crippen LogP contribution in [0.3, 0.4) is 0 Å². The zero-order valence-electron chi connectivity index (χ0n) is 16.6. The number of nitrogens with zero attached hydrogens (tertiary/aromatic N) is 4. The van der Waals surface area contributed by atoms with Gasteiger partial charge in [0.15, 0.2) is 0 Å². The van der Waals surface area contributed by atoms with E-state index in [1.807, 2.05) is 10.8 Å². The van der Waals surface area contributed by atoms with Crippen LogP contribution in [0.4, 0.5) is 0 Å². The van der Waals surface area contributed by atoms with Crippen LogP contribution in [0.5, 0.6) is 0 Å². The molecule has 0 amide bonds. The minimum absolute atomic E-state index is 0.0396. The Balaban J connectivity index is 1.72. The van der Waals surface area contributed by atoms with Gasteiger partial charge in [0.2, 0.25) is 0 Å². The number of carbonyl (C=O) groups is 1. The van der Waals surface area contributed by atoms with Gasteiger partial charge in [-0.05, 0) is 35.9 Å². The Labute approximate surface area is 176 Å². The molecule has 0 aliphatic heterocycles. The Bertz CT molecular complexity index is 1450. The second-order valence-corrected chi connectivity index (χ2v) is 7.00. The number of aromatic nitrogens is 4. The average Bonchev–Trinajstić information content (AvgIpc) is 3.29. The molecule has 0 atom stereocenters. The molecule has 0 spiro atoms. The largest absolute Gasteiger partial charge is 0.478 e. The molecule has 2 aromatic heterocycles. The highest BCUT2D eigenvalue weighted by Gasteiger charge is 2.12. The maximum absolute atomic E-state index is 13.1. The van der Waals surface area contributed by atoms with Crippen molar-refractivity contribution in [3.05, 3.63) is 98.7 Å². The third-order valence-electron chi connectivity index (χ3n) is 4.95. The Hall–Kier alpha value is -4.38. The van der Waals surface area contributed by atoms with Crippen LogP contribution in [-0.4, -0.2) is 29.8 Å². The molecule has 0 radical (unpaired) electrons. The van der Waals surface area contributed by atoms with E-state index in [1.54, 1.807) is 49.9 Å². The summed E-state index contributed by atoms with van der Waals surface area (Å²) < 4.78 is 4.40. The third kappa shape index (κ3) is 4.02. The van der Waals surface area contributed by atoms with Crippen molar-refractivity contribution in [3.63, 3.8) is 0 Å². The highest BCUT2D eigenvalue weighted by atomic mass is 16.4. The van der Waals surface area contributed by atoms with E-state index in [4.69, 9.17) is 5.11 Å². The third-order valence-corrected chi connectivity index (χ3v) is 4.95. The predicted molar refractivity (Wildman–Crippen MR) is 115 cm³/mol. The van der Waals surface area contributed by atoms with Crippen LogP contribution >= 0.6 is 0 Å². The van der Waals surface area contributed by atoms with Crippen LogP contribution in [-0.2, 0) is 20.1 Å².